The van der Waals surface area contributed by atoms with Gasteiger partial charge in [-0.1, -0.05) is 13.8 Å². The molecule has 112 valence electrons. The molecule has 0 fully saturated rings. The Balaban J connectivity index is 3.54. The van der Waals surface area contributed by atoms with Gasteiger partial charge < -0.3 is 19.0 Å². The lowest BCUT2D eigenvalue weighted by Gasteiger charge is -2.16. The van der Waals surface area contributed by atoms with Crippen LogP contribution in [0.2, 0.25) is 0 Å². The second-order valence-corrected chi connectivity index (χ2v) is 4.38. The molecule has 0 aromatic carbocycles. The van der Waals surface area contributed by atoms with Gasteiger partial charge in [-0.15, -0.1) is 10.1 Å². The molecule has 0 heterocycles. The lowest BCUT2D eigenvalue weighted by molar-refractivity contribution is -0.768. The molecule has 0 radical (unpaired) electrons. The molecule has 0 saturated carbocycles. The molecular formula is C11H21NO7. The Labute approximate surface area is 112 Å². The molecule has 8 heteroatoms. The van der Waals surface area contributed by atoms with Crippen molar-refractivity contribution in [2.45, 2.75) is 39.9 Å². The fraction of sp³-hybridized carbons (Fsp3) is 0.909. The van der Waals surface area contributed by atoms with E-state index in [1.807, 2.05) is 13.8 Å². The molecule has 0 spiro atoms. The third-order valence-electron chi connectivity index (χ3n) is 2.29. The van der Waals surface area contributed by atoms with Gasteiger partial charge in [0.1, 0.15) is 18.8 Å². The Bertz CT molecular complexity index is 282. The minimum absolute atomic E-state index is 0.0227. The van der Waals surface area contributed by atoms with Crippen LogP contribution >= 0.6 is 0 Å². The molecule has 0 N–H and O–H groups in total. The second kappa shape index (κ2) is 9.37. The first-order chi connectivity index (χ1) is 8.82. The average Bonchev–Trinajstić information content (AvgIpc) is 2.27. The molecule has 0 aliphatic heterocycles. The van der Waals surface area contributed by atoms with Gasteiger partial charge in [0.05, 0.1) is 13.2 Å². The lowest BCUT2D eigenvalue weighted by atomic mass is 10.1. The number of hydrogen-bond acceptors (Lipinski definition) is 7. The van der Waals surface area contributed by atoms with Gasteiger partial charge in [-0.2, -0.15) is 0 Å². The molecule has 0 aromatic heterocycles. The van der Waals surface area contributed by atoms with Crippen LogP contribution in [-0.2, 0) is 19.0 Å². The highest BCUT2D eigenvalue weighted by Crippen LogP contribution is 2.06. The van der Waals surface area contributed by atoms with Crippen LogP contribution in [0.3, 0.4) is 0 Å². The molecule has 0 aromatic rings. The van der Waals surface area contributed by atoms with Crippen LogP contribution in [0.15, 0.2) is 0 Å². The third-order valence-corrected chi connectivity index (χ3v) is 2.29. The Morgan fingerprint density at radius 1 is 1.21 bits per heavy atom. The van der Waals surface area contributed by atoms with Crippen molar-refractivity contribution < 1.29 is 28.9 Å². The fourth-order valence-corrected chi connectivity index (χ4v) is 0.932. The van der Waals surface area contributed by atoms with Crippen molar-refractivity contribution in [2.24, 2.45) is 5.92 Å². The molecule has 0 saturated heterocycles. The normalized spacial score (nSPS) is 13.7. The molecule has 0 aliphatic carbocycles. The SMILES string of the molecule is CC(C)C(C)OC(=O)OCCOC[C@H](C)O[N+](=O)[O-]. The van der Waals surface area contributed by atoms with Crippen molar-refractivity contribution in [3.05, 3.63) is 10.1 Å². The highest BCUT2D eigenvalue weighted by molar-refractivity contribution is 5.60. The first-order valence-corrected chi connectivity index (χ1v) is 6.05. The first kappa shape index (κ1) is 17.4. The minimum atomic E-state index is -0.880. The van der Waals surface area contributed by atoms with Gasteiger partial charge in [0.15, 0.2) is 0 Å². The maximum absolute atomic E-state index is 11.2. The van der Waals surface area contributed by atoms with Gasteiger partial charge in [-0.25, -0.2) is 4.79 Å². The Morgan fingerprint density at radius 2 is 1.84 bits per heavy atom. The number of ether oxygens (including phenoxy) is 3. The minimum Gasteiger partial charge on any atom is -0.432 e. The molecule has 0 rings (SSSR count). The van der Waals surface area contributed by atoms with Crippen LogP contribution in [-0.4, -0.2) is 43.3 Å². The molecule has 0 bridgehead atoms. The van der Waals surface area contributed by atoms with E-state index < -0.39 is 17.3 Å². The highest BCUT2D eigenvalue weighted by atomic mass is 17.0. The van der Waals surface area contributed by atoms with Crippen molar-refractivity contribution in [3.8, 4) is 0 Å². The van der Waals surface area contributed by atoms with E-state index in [2.05, 4.69) is 4.84 Å². The van der Waals surface area contributed by atoms with Crippen molar-refractivity contribution in [1.82, 2.24) is 0 Å². The smallest absolute Gasteiger partial charge is 0.432 e. The van der Waals surface area contributed by atoms with Gasteiger partial charge in [-0.3, -0.25) is 0 Å². The summed E-state index contributed by atoms with van der Waals surface area (Å²) in [6.45, 7) is 7.32. The lowest BCUT2D eigenvalue weighted by Crippen LogP contribution is -2.23. The average molecular weight is 279 g/mol. The summed E-state index contributed by atoms with van der Waals surface area (Å²) >= 11 is 0. The maximum atomic E-state index is 11.2. The fourth-order valence-electron chi connectivity index (χ4n) is 0.932. The summed E-state index contributed by atoms with van der Waals surface area (Å²) in [4.78, 5) is 25.4. The van der Waals surface area contributed by atoms with E-state index in [0.29, 0.717) is 0 Å². The van der Waals surface area contributed by atoms with E-state index in [4.69, 9.17) is 14.2 Å². The van der Waals surface area contributed by atoms with Crippen molar-refractivity contribution in [1.29, 1.82) is 0 Å². The van der Waals surface area contributed by atoms with Gasteiger partial charge in [0, 0.05) is 0 Å². The largest absolute Gasteiger partial charge is 0.508 e. The second-order valence-electron chi connectivity index (χ2n) is 4.38. The predicted octanol–water partition coefficient (Wildman–Crippen LogP) is 1.80. The van der Waals surface area contributed by atoms with Gasteiger partial charge in [0.25, 0.3) is 5.09 Å². The van der Waals surface area contributed by atoms with Crippen LogP contribution in [0.5, 0.6) is 0 Å². The van der Waals surface area contributed by atoms with E-state index in [1.165, 1.54) is 6.92 Å². The van der Waals surface area contributed by atoms with Crippen molar-refractivity contribution in [2.75, 3.05) is 19.8 Å². The van der Waals surface area contributed by atoms with E-state index >= 15 is 0 Å². The summed E-state index contributed by atoms with van der Waals surface area (Å²) in [7, 11) is 0. The maximum Gasteiger partial charge on any atom is 0.508 e. The van der Waals surface area contributed by atoms with Crippen molar-refractivity contribution in [3.63, 3.8) is 0 Å². The summed E-state index contributed by atoms with van der Waals surface area (Å²) in [6.07, 6.45) is -1.63. The number of nitrogens with zero attached hydrogens (tertiary/aromatic N) is 1. The summed E-state index contributed by atoms with van der Waals surface area (Å²) in [5.74, 6) is 0.212. The van der Waals surface area contributed by atoms with E-state index in [0.717, 1.165) is 0 Å². The van der Waals surface area contributed by atoms with E-state index in [1.54, 1.807) is 6.92 Å². The Hall–Kier alpha value is -1.57. The molecular weight excluding hydrogens is 258 g/mol. The summed E-state index contributed by atoms with van der Waals surface area (Å²) in [5.41, 5.74) is 0. The van der Waals surface area contributed by atoms with E-state index in [9.17, 15) is 14.9 Å². The number of carbonyl (C=O) groups is 1. The number of hydrogen-bond donors (Lipinski definition) is 0. The number of carbonyl (C=O) groups excluding carboxylic acids is 1. The van der Waals surface area contributed by atoms with Crippen LogP contribution < -0.4 is 0 Å². The molecule has 2 atom stereocenters. The Morgan fingerprint density at radius 3 is 2.37 bits per heavy atom. The number of rotatable bonds is 9. The van der Waals surface area contributed by atoms with Crippen LogP contribution in [0, 0.1) is 16.0 Å². The molecule has 1 unspecified atom stereocenters. The van der Waals surface area contributed by atoms with Crippen molar-refractivity contribution >= 4 is 6.16 Å². The Kier molecular flexibility index (Phi) is 8.60. The molecule has 19 heavy (non-hydrogen) atoms. The molecule has 0 amide bonds. The summed E-state index contributed by atoms with van der Waals surface area (Å²) < 4.78 is 14.8. The summed E-state index contributed by atoms with van der Waals surface area (Å²) in [6, 6.07) is 0. The predicted molar refractivity (Wildman–Crippen MR) is 65.1 cm³/mol. The third kappa shape index (κ3) is 10.1. The van der Waals surface area contributed by atoms with Gasteiger partial charge >= 0.3 is 6.16 Å². The van der Waals surface area contributed by atoms with Gasteiger partial charge in [-0.05, 0) is 19.8 Å². The zero-order chi connectivity index (χ0) is 14.8. The molecule has 0 aliphatic rings. The molecule has 8 nitrogen and oxygen atoms in total. The van der Waals surface area contributed by atoms with Crippen LogP contribution in [0.4, 0.5) is 4.79 Å². The quantitative estimate of drug-likeness (QED) is 0.275. The van der Waals surface area contributed by atoms with E-state index in [-0.39, 0.29) is 31.8 Å². The van der Waals surface area contributed by atoms with Gasteiger partial charge in [0.2, 0.25) is 0 Å². The zero-order valence-electron chi connectivity index (χ0n) is 11.7. The summed E-state index contributed by atoms with van der Waals surface area (Å²) in [5, 5.41) is 9.11. The van der Waals surface area contributed by atoms with Crippen LogP contribution in [0.1, 0.15) is 27.7 Å². The first-order valence-electron chi connectivity index (χ1n) is 6.05. The zero-order valence-corrected chi connectivity index (χ0v) is 11.7. The monoisotopic (exact) mass is 279 g/mol. The standard InChI is InChI=1S/C11H21NO7/c1-8(2)10(4)18-11(13)17-6-5-16-7-9(3)19-12(14)15/h8-10H,5-7H2,1-4H3/t9-,10?/m0/s1. The highest BCUT2D eigenvalue weighted by Gasteiger charge is 2.13. The van der Waals surface area contributed by atoms with Crippen LogP contribution in [0.25, 0.3) is 0 Å². The topological polar surface area (TPSA) is 97.1 Å².